The fourth-order valence-electron chi connectivity index (χ4n) is 2.37. The van der Waals surface area contributed by atoms with Crippen molar-refractivity contribution in [1.29, 1.82) is 0 Å². The maximum Gasteiger partial charge on any atom is 0.326 e. The van der Waals surface area contributed by atoms with Crippen LogP contribution < -0.4 is 16.4 Å². The summed E-state index contributed by atoms with van der Waals surface area (Å²) in [6, 6.07) is -1.38. The number of carboxylic acid groups (broad SMARTS) is 1. The zero-order valence-electron chi connectivity index (χ0n) is 11.7. The van der Waals surface area contributed by atoms with E-state index in [1.165, 1.54) is 0 Å². The summed E-state index contributed by atoms with van der Waals surface area (Å²) in [6.07, 6.45) is 4.59. The van der Waals surface area contributed by atoms with E-state index in [-0.39, 0.29) is 18.0 Å². The third-order valence-corrected chi connectivity index (χ3v) is 3.90. The molecule has 2 amide bonds. The van der Waals surface area contributed by atoms with Crippen molar-refractivity contribution in [2.24, 2.45) is 11.7 Å². The van der Waals surface area contributed by atoms with E-state index in [1.807, 2.05) is 13.8 Å². The van der Waals surface area contributed by atoms with Crippen LogP contribution in [0.5, 0.6) is 0 Å². The van der Waals surface area contributed by atoms with E-state index < -0.39 is 18.0 Å². The van der Waals surface area contributed by atoms with Gasteiger partial charge in [-0.05, 0) is 18.8 Å². The molecular formula is C13H25N3O3. The van der Waals surface area contributed by atoms with Gasteiger partial charge in [-0.15, -0.1) is 0 Å². The van der Waals surface area contributed by atoms with Gasteiger partial charge in [0.1, 0.15) is 6.04 Å². The van der Waals surface area contributed by atoms with Gasteiger partial charge in [-0.25, -0.2) is 9.59 Å². The lowest BCUT2D eigenvalue weighted by Crippen LogP contribution is -2.55. The second-order valence-corrected chi connectivity index (χ2v) is 5.37. The summed E-state index contributed by atoms with van der Waals surface area (Å²) < 4.78 is 0. The molecule has 6 heteroatoms. The molecule has 4 atom stereocenters. The number of hydrogen-bond donors (Lipinski definition) is 4. The van der Waals surface area contributed by atoms with E-state index in [1.54, 1.807) is 0 Å². The number of urea groups is 1. The van der Waals surface area contributed by atoms with Crippen molar-refractivity contribution in [2.45, 2.75) is 64.1 Å². The highest BCUT2D eigenvalue weighted by Crippen LogP contribution is 2.16. The standard InChI is InChI=1S/C13H25N3O3/c1-3-8(2)11(12(17)18)16-13(19)15-10-7-5-4-6-9(10)14/h8-11H,3-7,14H2,1-2H3,(H,17,18)(H2,15,16,19)/t8?,9?,10?,11-/m0/s1. The molecule has 1 rings (SSSR count). The number of nitrogens with two attached hydrogens (primary N) is 1. The molecule has 6 nitrogen and oxygen atoms in total. The van der Waals surface area contributed by atoms with Crippen LogP contribution >= 0.6 is 0 Å². The molecule has 0 aromatic heterocycles. The number of carbonyl (C=O) groups excluding carboxylic acids is 1. The van der Waals surface area contributed by atoms with E-state index in [9.17, 15) is 9.59 Å². The predicted octanol–water partition coefficient (Wildman–Crippen LogP) is 1.05. The van der Waals surface area contributed by atoms with Crippen molar-refractivity contribution in [2.75, 3.05) is 0 Å². The molecular weight excluding hydrogens is 246 g/mol. The van der Waals surface area contributed by atoms with Crippen molar-refractivity contribution in [1.82, 2.24) is 10.6 Å². The molecule has 0 radical (unpaired) electrons. The van der Waals surface area contributed by atoms with E-state index in [0.717, 1.165) is 25.7 Å². The van der Waals surface area contributed by atoms with Gasteiger partial charge in [0.2, 0.25) is 0 Å². The van der Waals surface area contributed by atoms with Crippen LogP contribution in [0, 0.1) is 5.92 Å². The Bertz CT molecular complexity index is 322. The molecule has 0 aliphatic heterocycles. The monoisotopic (exact) mass is 271 g/mol. The first-order chi connectivity index (χ1) is 8.95. The Morgan fingerprint density at radius 2 is 2.00 bits per heavy atom. The third kappa shape index (κ3) is 4.70. The minimum Gasteiger partial charge on any atom is -0.480 e. The van der Waals surface area contributed by atoms with Crippen LogP contribution in [-0.4, -0.2) is 35.2 Å². The highest BCUT2D eigenvalue weighted by atomic mass is 16.4. The zero-order chi connectivity index (χ0) is 14.4. The van der Waals surface area contributed by atoms with Crippen molar-refractivity contribution >= 4 is 12.0 Å². The van der Waals surface area contributed by atoms with Crippen molar-refractivity contribution in [3.63, 3.8) is 0 Å². The number of amides is 2. The molecule has 1 aliphatic rings. The summed E-state index contributed by atoms with van der Waals surface area (Å²) in [5.74, 6) is -1.11. The molecule has 0 aromatic rings. The lowest BCUT2D eigenvalue weighted by molar-refractivity contribution is -0.140. The predicted molar refractivity (Wildman–Crippen MR) is 72.8 cm³/mol. The lowest BCUT2D eigenvalue weighted by atomic mass is 9.91. The topological polar surface area (TPSA) is 104 Å². The number of aliphatic carboxylic acids is 1. The Labute approximate surface area is 114 Å². The first kappa shape index (κ1) is 15.8. The van der Waals surface area contributed by atoms with Crippen molar-refractivity contribution in [3.05, 3.63) is 0 Å². The van der Waals surface area contributed by atoms with Crippen LogP contribution in [0.3, 0.4) is 0 Å². The van der Waals surface area contributed by atoms with Gasteiger partial charge in [-0.2, -0.15) is 0 Å². The second kappa shape index (κ2) is 7.33. The third-order valence-electron chi connectivity index (χ3n) is 3.90. The van der Waals surface area contributed by atoms with Gasteiger partial charge in [0.25, 0.3) is 0 Å². The number of carbonyl (C=O) groups is 2. The lowest BCUT2D eigenvalue weighted by Gasteiger charge is -2.30. The van der Waals surface area contributed by atoms with E-state index in [2.05, 4.69) is 10.6 Å². The van der Waals surface area contributed by atoms with Crippen LogP contribution in [0.4, 0.5) is 4.79 Å². The van der Waals surface area contributed by atoms with Crippen molar-refractivity contribution in [3.8, 4) is 0 Å². The van der Waals surface area contributed by atoms with Crippen LogP contribution in [0.1, 0.15) is 46.0 Å². The van der Waals surface area contributed by atoms with Crippen LogP contribution in [0.25, 0.3) is 0 Å². The van der Waals surface area contributed by atoms with Gasteiger partial charge in [-0.1, -0.05) is 33.1 Å². The molecule has 0 bridgehead atoms. The molecule has 1 saturated carbocycles. The fourth-order valence-corrected chi connectivity index (χ4v) is 2.37. The largest absolute Gasteiger partial charge is 0.480 e. The molecule has 19 heavy (non-hydrogen) atoms. The minimum absolute atomic E-state index is 0.0358. The number of hydrogen-bond acceptors (Lipinski definition) is 3. The number of nitrogens with one attached hydrogen (secondary N) is 2. The molecule has 3 unspecified atom stereocenters. The van der Waals surface area contributed by atoms with E-state index in [0.29, 0.717) is 6.42 Å². The van der Waals surface area contributed by atoms with E-state index >= 15 is 0 Å². The van der Waals surface area contributed by atoms with Crippen LogP contribution in [0.2, 0.25) is 0 Å². The van der Waals surface area contributed by atoms with Gasteiger partial charge in [-0.3, -0.25) is 0 Å². The van der Waals surface area contributed by atoms with Gasteiger partial charge in [0.15, 0.2) is 0 Å². The molecule has 5 N–H and O–H groups in total. The first-order valence-corrected chi connectivity index (χ1v) is 7.01. The SMILES string of the molecule is CCC(C)[C@H](NC(=O)NC1CCCCC1N)C(=O)O. The molecule has 110 valence electrons. The summed E-state index contributed by atoms with van der Waals surface area (Å²) in [7, 11) is 0. The van der Waals surface area contributed by atoms with Crippen LogP contribution in [-0.2, 0) is 4.79 Å². The zero-order valence-corrected chi connectivity index (χ0v) is 11.7. The molecule has 0 heterocycles. The Balaban J connectivity index is 2.50. The highest BCUT2D eigenvalue weighted by molar-refractivity contribution is 5.82. The second-order valence-electron chi connectivity index (χ2n) is 5.37. The summed E-state index contributed by atoms with van der Waals surface area (Å²) >= 11 is 0. The van der Waals surface area contributed by atoms with Gasteiger partial charge in [0.05, 0.1) is 0 Å². The maximum atomic E-state index is 11.9. The first-order valence-electron chi connectivity index (χ1n) is 7.01. The average molecular weight is 271 g/mol. The summed E-state index contributed by atoms with van der Waals surface area (Å²) in [4.78, 5) is 23.0. The fraction of sp³-hybridized carbons (Fsp3) is 0.846. The minimum atomic E-state index is -1.00. The average Bonchev–Trinajstić information content (AvgIpc) is 2.37. The molecule has 0 aromatic carbocycles. The van der Waals surface area contributed by atoms with Crippen molar-refractivity contribution < 1.29 is 14.7 Å². The van der Waals surface area contributed by atoms with Gasteiger partial charge in [0, 0.05) is 12.1 Å². The summed E-state index contributed by atoms with van der Waals surface area (Å²) in [6.45, 7) is 3.71. The maximum absolute atomic E-state index is 11.9. The Morgan fingerprint density at radius 3 is 2.53 bits per heavy atom. The van der Waals surface area contributed by atoms with Gasteiger partial charge >= 0.3 is 12.0 Å². The smallest absolute Gasteiger partial charge is 0.326 e. The highest BCUT2D eigenvalue weighted by Gasteiger charge is 2.28. The molecule has 1 aliphatic carbocycles. The Morgan fingerprint density at radius 1 is 1.37 bits per heavy atom. The Hall–Kier alpha value is -1.30. The molecule has 0 saturated heterocycles. The number of carboxylic acids is 1. The van der Waals surface area contributed by atoms with Crippen LogP contribution in [0.15, 0.2) is 0 Å². The molecule has 0 spiro atoms. The molecule has 1 fully saturated rings. The summed E-state index contributed by atoms with van der Waals surface area (Å²) in [5, 5.41) is 14.4. The quantitative estimate of drug-likeness (QED) is 0.600. The Kier molecular flexibility index (Phi) is 6.08. The van der Waals surface area contributed by atoms with Gasteiger partial charge < -0.3 is 21.5 Å². The van der Waals surface area contributed by atoms with E-state index in [4.69, 9.17) is 10.8 Å². The summed E-state index contributed by atoms with van der Waals surface area (Å²) in [5.41, 5.74) is 5.95. The number of rotatable bonds is 5. The normalized spacial score (nSPS) is 26.3.